The van der Waals surface area contributed by atoms with Gasteiger partial charge in [-0.25, -0.2) is 0 Å². The van der Waals surface area contributed by atoms with E-state index in [0.29, 0.717) is 0 Å². The Morgan fingerprint density at radius 1 is 1.05 bits per heavy atom. The Morgan fingerprint density at radius 2 is 1.75 bits per heavy atom. The van der Waals surface area contributed by atoms with Crippen molar-refractivity contribution in [1.82, 2.24) is 4.90 Å². The van der Waals surface area contributed by atoms with Gasteiger partial charge in [-0.2, -0.15) is 0 Å². The zero-order valence-corrected chi connectivity index (χ0v) is 12.7. The molecular formula is C16H26N2O2. The molecule has 1 heterocycles. The molecule has 0 radical (unpaired) electrons. The summed E-state index contributed by atoms with van der Waals surface area (Å²) in [4.78, 5) is 2.52. The molecule has 4 nitrogen and oxygen atoms in total. The summed E-state index contributed by atoms with van der Waals surface area (Å²) in [5, 5.41) is 0. The monoisotopic (exact) mass is 278 g/mol. The third-order valence-electron chi connectivity index (χ3n) is 3.98. The van der Waals surface area contributed by atoms with Crippen LogP contribution >= 0.6 is 0 Å². The van der Waals surface area contributed by atoms with Crippen LogP contribution in [0.25, 0.3) is 0 Å². The Hall–Kier alpha value is -1.26. The van der Waals surface area contributed by atoms with Crippen LogP contribution in [0.4, 0.5) is 0 Å². The molecule has 1 aliphatic rings. The lowest BCUT2D eigenvalue weighted by Gasteiger charge is -2.29. The first-order chi connectivity index (χ1) is 9.78. The van der Waals surface area contributed by atoms with Gasteiger partial charge in [-0.3, -0.25) is 4.90 Å². The molecule has 0 fully saturated rings. The van der Waals surface area contributed by atoms with Gasteiger partial charge < -0.3 is 15.2 Å². The molecule has 1 aromatic carbocycles. The van der Waals surface area contributed by atoms with E-state index >= 15 is 0 Å². The molecule has 1 aliphatic heterocycles. The van der Waals surface area contributed by atoms with Gasteiger partial charge in [-0.1, -0.05) is 6.42 Å². The number of hydrogen-bond acceptors (Lipinski definition) is 4. The highest BCUT2D eigenvalue weighted by molar-refractivity contribution is 5.48. The van der Waals surface area contributed by atoms with E-state index in [1.54, 1.807) is 14.2 Å². The van der Waals surface area contributed by atoms with Gasteiger partial charge in [0.05, 0.1) is 14.2 Å². The van der Waals surface area contributed by atoms with Crippen LogP contribution in [0, 0.1) is 0 Å². The molecule has 0 amide bonds. The molecular weight excluding hydrogens is 252 g/mol. The average Bonchev–Trinajstić information content (AvgIpc) is 2.50. The number of benzene rings is 1. The number of fused-ring (bicyclic) bond motifs is 1. The maximum Gasteiger partial charge on any atom is 0.161 e. The van der Waals surface area contributed by atoms with E-state index in [9.17, 15) is 0 Å². The van der Waals surface area contributed by atoms with Gasteiger partial charge in [0.2, 0.25) is 0 Å². The quantitative estimate of drug-likeness (QED) is 0.777. The maximum atomic E-state index is 5.53. The van der Waals surface area contributed by atoms with E-state index in [1.807, 2.05) is 0 Å². The van der Waals surface area contributed by atoms with Crippen LogP contribution in [-0.4, -0.2) is 38.8 Å². The summed E-state index contributed by atoms with van der Waals surface area (Å²) in [6, 6.07) is 4.25. The summed E-state index contributed by atoms with van der Waals surface area (Å²) in [7, 11) is 3.38. The summed E-state index contributed by atoms with van der Waals surface area (Å²) in [6.07, 6.45) is 4.69. The Bertz CT molecular complexity index is 435. The summed E-state index contributed by atoms with van der Waals surface area (Å²) >= 11 is 0. The summed E-state index contributed by atoms with van der Waals surface area (Å²) < 4.78 is 10.8. The van der Waals surface area contributed by atoms with Crippen molar-refractivity contribution in [3.8, 4) is 11.5 Å². The minimum Gasteiger partial charge on any atom is -0.493 e. The van der Waals surface area contributed by atoms with Crippen molar-refractivity contribution in [3.63, 3.8) is 0 Å². The van der Waals surface area contributed by atoms with Crippen LogP contribution in [0.1, 0.15) is 30.4 Å². The molecule has 2 N–H and O–H groups in total. The van der Waals surface area contributed by atoms with E-state index in [0.717, 1.165) is 50.5 Å². The minimum absolute atomic E-state index is 0.805. The number of rotatable bonds is 7. The van der Waals surface area contributed by atoms with Crippen molar-refractivity contribution in [2.24, 2.45) is 5.73 Å². The second kappa shape index (κ2) is 7.50. The molecule has 0 atom stereocenters. The van der Waals surface area contributed by atoms with Crippen LogP contribution in [0.15, 0.2) is 12.1 Å². The van der Waals surface area contributed by atoms with E-state index < -0.39 is 0 Å². The van der Waals surface area contributed by atoms with E-state index in [4.69, 9.17) is 15.2 Å². The molecule has 0 aliphatic carbocycles. The highest BCUT2D eigenvalue weighted by Gasteiger charge is 2.18. The molecule has 20 heavy (non-hydrogen) atoms. The lowest BCUT2D eigenvalue weighted by atomic mass is 9.98. The first-order valence-corrected chi connectivity index (χ1v) is 7.44. The topological polar surface area (TPSA) is 47.7 Å². The van der Waals surface area contributed by atoms with Crippen molar-refractivity contribution in [3.05, 3.63) is 23.3 Å². The highest BCUT2D eigenvalue weighted by atomic mass is 16.5. The third-order valence-corrected chi connectivity index (χ3v) is 3.98. The molecule has 4 heteroatoms. The number of ether oxygens (including phenoxy) is 2. The first kappa shape index (κ1) is 15.1. The van der Waals surface area contributed by atoms with Crippen molar-refractivity contribution >= 4 is 0 Å². The van der Waals surface area contributed by atoms with Gasteiger partial charge in [-0.05, 0) is 55.6 Å². The molecule has 0 unspecified atom stereocenters. The maximum absolute atomic E-state index is 5.53. The highest BCUT2D eigenvalue weighted by Crippen LogP contribution is 2.33. The first-order valence-electron chi connectivity index (χ1n) is 7.44. The predicted molar refractivity (Wildman–Crippen MR) is 81.4 cm³/mol. The molecule has 0 saturated carbocycles. The van der Waals surface area contributed by atoms with Crippen LogP contribution in [0.5, 0.6) is 11.5 Å². The van der Waals surface area contributed by atoms with Gasteiger partial charge in [0, 0.05) is 13.1 Å². The Balaban J connectivity index is 1.98. The van der Waals surface area contributed by atoms with Gasteiger partial charge in [0.25, 0.3) is 0 Å². The minimum atomic E-state index is 0.805. The number of nitrogens with zero attached hydrogens (tertiary/aromatic N) is 1. The number of unbranched alkanes of at least 4 members (excludes halogenated alkanes) is 2. The van der Waals surface area contributed by atoms with Crippen LogP contribution in [0.3, 0.4) is 0 Å². The van der Waals surface area contributed by atoms with Crippen molar-refractivity contribution < 1.29 is 9.47 Å². The van der Waals surface area contributed by atoms with Gasteiger partial charge in [0.15, 0.2) is 11.5 Å². The summed E-state index contributed by atoms with van der Waals surface area (Å²) in [6.45, 7) is 4.11. The van der Waals surface area contributed by atoms with Crippen LogP contribution < -0.4 is 15.2 Å². The molecule has 0 saturated heterocycles. The lowest BCUT2D eigenvalue weighted by molar-refractivity contribution is 0.247. The fraction of sp³-hybridized carbons (Fsp3) is 0.625. The smallest absolute Gasteiger partial charge is 0.161 e. The molecule has 112 valence electrons. The molecule has 0 spiro atoms. The second-order valence-electron chi connectivity index (χ2n) is 5.35. The number of methoxy groups -OCH3 is 2. The zero-order chi connectivity index (χ0) is 14.4. The van der Waals surface area contributed by atoms with Crippen molar-refractivity contribution in [2.75, 3.05) is 33.9 Å². The fourth-order valence-corrected chi connectivity index (χ4v) is 2.79. The molecule has 0 aromatic heterocycles. The Morgan fingerprint density at radius 3 is 2.40 bits per heavy atom. The predicted octanol–water partition coefficient (Wildman–Crippen LogP) is 2.19. The Labute approximate surface area is 121 Å². The molecule has 1 aromatic rings. The third kappa shape index (κ3) is 3.64. The molecule has 2 rings (SSSR count). The van der Waals surface area contributed by atoms with Gasteiger partial charge >= 0.3 is 0 Å². The van der Waals surface area contributed by atoms with E-state index in [2.05, 4.69) is 17.0 Å². The number of nitrogens with two attached hydrogens (primary N) is 1. The summed E-state index contributed by atoms with van der Waals surface area (Å²) in [5.74, 6) is 1.67. The van der Waals surface area contributed by atoms with E-state index in [-0.39, 0.29) is 0 Å². The van der Waals surface area contributed by atoms with Crippen molar-refractivity contribution in [1.29, 1.82) is 0 Å². The van der Waals surface area contributed by atoms with Crippen LogP contribution in [-0.2, 0) is 13.0 Å². The van der Waals surface area contributed by atoms with Crippen molar-refractivity contribution in [2.45, 2.75) is 32.2 Å². The van der Waals surface area contributed by atoms with E-state index in [1.165, 1.54) is 24.0 Å². The number of hydrogen-bond donors (Lipinski definition) is 1. The average molecular weight is 278 g/mol. The second-order valence-corrected chi connectivity index (χ2v) is 5.35. The normalized spacial score (nSPS) is 14.9. The Kier molecular flexibility index (Phi) is 5.68. The summed E-state index contributed by atoms with van der Waals surface area (Å²) in [5.41, 5.74) is 8.29. The SMILES string of the molecule is COc1cc2c(cc1OC)CN(CCCCCN)CC2. The van der Waals surface area contributed by atoms with Crippen LogP contribution in [0.2, 0.25) is 0 Å². The van der Waals surface area contributed by atoms with Gasteiger partial charge in [0.1, 0.15) is 0 Å². The standard InChI is InChI=1S/C16H26N2O2/c1-19-15-10-13-6-9-18(8-5-3-4-7-17)12-14(13)11-16(15)20-2/h10-11H,3-9,12,17H2,1-2H3. The lowest BCUT2D eigenvalue weighted by Crippen LogP contribution is -2.31. The largest absolute Gasteiger partial charge is 0.493 e. The zero-order valence-electron chi connectivity index (χ0n) is 12.7. The fourth-order valence-electron chi connectivity index (χ4n) is 2.79. The van der Waals surface area contributed by atoms with Gasteiger partial charge in [-0.15, -0.1) is 0 Å². The molecule has 0 bridgehead atoms.